The largest absolute Gasteiger partial charge is 0.385 e. The highest BCUT2D eigenvalue weighted by Crippen LogP contribution is 2.37. The van der Waals surface area contributed by atoms with Gasteiger partial charge in [-0.2, -0.15) is 0 Å². The van der Waals surface area contributed by atoms with Gasteiger partial charge in [0.1, 0.15) is 6.54 Å². The number of fused-ring (bicyclic) bond motifs is 1. The summed E-state index contributed by atoms with van der Waals surface area (Å²) in [6, 6.07) is 17.3. The first-order chi connectivity index (χ1) is 17.0. The second kappa shape index (κ2) is 11.2. The predicted octanol–water partition coefficient (Wildman–Crippen LogP) is 4.31. The summed E-state index contributed by atoms with van der Waals surface area (Å²) in [4.78, 5) is 42.1. The number of carbonyl (C=O) groups excluding carboxylic acids is 2. The molecule has 8 nitrogen and oxygen atoms in total. The summed E-state index contributed by atoms with van der Waals surface area (Å²) >= 11 is 1.71. The highest BCUT2D eigenvalue weighted by molar-refractivity contribution is 7.10. The van der Waals surface area contributed by atoms with Gasteiger partial charge >= 0.3 is 0 Å². The van der Waals surface area contributed by atoms with Crippen LogP contribution in [0.25, 0.3) is 0 Å². The van der Waals surface area contributed by atoms with E-state index in [0.29, 0.717) is 31.7 Å². The molecule has 1 aliphatic rings. The molecule has 0 N–H and O–H groups in total. The predicted molar refractivity (Wildman–Crippen MR) is 134 cm³/mol. The van der Waals surface area contributed by atoms with Crippen molar-refractivity contribution in [1.29, 1.82) is 0 Å². The molecular weight excluding hydrogens is 466 g/mol. The molecule has 0 bridgehead atoms. The third-order valence-corrected chi connectivity index (χ3v) is 7.11. The molecule has 1 unspecified atom stereocenters. The van der Waals surface area contributed by atoms with Crippen LogP contribution in [0.3, 0.4) is 0 Å². The highest BCUT2D eigenvalue weighted by Gasteiger charge is 2.34. The zero-order chi connectivity index (χ0) is 24.8. The number of hydrogen-bond donors (Lipinski definition) is 0. The van der Waals surface area contributed by atoms with Gasteiger partial charge in [0, 0.05) is 49.4 Å². The summed E-state index contributed by atoms with van der Waals surface area (Å²) in [5.74, 6) is -0.475. The molecule has 0 fully saturated rings. The third kappa shape index (κ3) is 5.58. The molecule has 0 saturated carbocycles. The van der Waals surface area contributed by atoms with Crippen molar-refractivity contribution in [2.24, 2.45) is 0 Å². The van der Waals surface area contributed by atoms with Crippen molar-refractivity contribution in [2.75, 3.05) is 33.4 Å². The minimum Gasteiger partial charge on any atom is -0.385 e. The average Bonchev–Trinajstić information content (AvgIpc) is 3.36. The Morgan fingerprint density at radius 2 is 1.89 bits per heavy atom. The fourth-order valence-corrected chi connectivity index (χ4v) is 5.30. The van der Waals surface area contributed by atoms with E-state index in [1.807, 2.05) is 35.2 Å². The third-order valence-electron chi connectivity index (χ3n) is 6.12. The number of hydrogen-bond acceptors (Lipinski definition) is 6. The van der Waals surface area contributed by atoms with Crippen LogP contribution in [0.4, 0.5) is 5.69 Å². The van der Waals surface area contributed by atoms with Crippen LogP contribution in [0.1, 0.15) is 38.8 Å². The number of rotatable bonds is 9. The first kappa shape index (κ1) is 24.6. The maximum absolute atomic E-state index is 13.7. The number of benzene rings is 2. The van der Waals surface area contributed by atoms with E-state index < -0.39 is 4.92 Å². The Labute approximate surface area is 207 Å². The van der Waals surface area contributed by atoms with E-state index in [2.05, 4.69) is 11.4 Å². The highest BCUT2D eigenvalue weighted by atomic mass is 32.1. The number of nitro groups is 1. The molecule has 3 aromatic rings. The van der Waals surface area contributed by atoms with E-state index in [-0.39, 0.29) is 30.1 Å². The minimum absolute atomic E-state index is 0.0810. The number of non-ortho nitro benzene ring substituents is 1. The van der Waals surface area contributed by atoms with Gasteiger partial charge < -0.3 is 14.5 Å². The van der Waals surface area contributed by atoms with Gasteiger partial charge in [0.2, 0.25) is 5.91 Å². The van der Waals surface area contributed by atoms with Gasteiger partial charge in [-0.1, -0.05) is 30.3 Å². The number of methoxy groups -OCH3 is 1. The normalized spacial score (nSPS) is 14.9. The van der Waals surface area contributed by atoms with Crippen molar-refractivity contribution in [3.05, 3.63) is 97.7 Å². The molecule has 1 atom stereocenters. The summed E-state index contributed by atoms with van der Waals surface area (Å²) in [7, 11) is 1.59. The molecule has 2 heterocycles. The smallest absolute Gasteiger partial charge is 0.269 e. The Kier molecular flexibility index (Phi) is 7.89. The average molecular weight is 494 g/mol. The van der Waals surface area contributed by atoms with Crippen LogP contribution < -0.4 is 0 Å². The first-order valence-corrected chi connectivity index (χ1v) is 12.3. The topological polar surface area (TPSA) is 93.0 Å². The van der Waals surface area contributed by atoms with Crippen molar-refractivity contribution < 1.29 is 19.2 Å². The van der Waals surface area contributed by atoms with Crippen LogP contribution in [0.15, 0.2) is 66.0 Å². The monoisotopic (exact) mass is 493 g/mol. The number of nitrogens with zero attached hydrogens (tertiary/aromatic N) is 3. The van der Waals surface area contributed by atoms with Crippen LogP contribution in [0.2, 0.25) is 0 Å². The lowest BCUT2D eigenvalue weighted by Crippen LogP contribution is -2.47. The van der Waals surface area contributed by atoms with Crippen molar-refractivity contribution in [1.82, 2.24) is 9.80 Å². The molecule has 0 aliphatic carbocycles. The quantitative estimate of drug-likeness (QED) is 0.252. The summed E-state index contributed by atoms with van der Waals surface area (Å²) in [5.41, 5.74) is 2.38. The number of amides is 2. The lowest BCUT2D eigenvalue weighted by molar-refractivity contribution is -0.384. The van der Waals surface area contributed by atoms with Crippen molar-refractivity contribution in [3.8, 4) is 0 Å². The number of carbonyl (C=O) groups is 2. The SMILES string of the molecule is COCCCN(CC(=O)N1CCc2sccc2C1c1ccccc1)C(=O)c1ccc([N+](=O)[O-])cc1. The fraction of sp³-hybridized carbons (Fsp3) is 0.308. The summed E-state index contributed by atoms with van der Waals surface area (Å²) < 4.78 is 5.14. The summed E-state index contributed by atoms with van der Waals surface area (Å²) in [5, 5.41) is 13.0. The van der Waals surface area contributed by atoms with Gasteiger partial charge in [0.15, 0.2) is 0 Å². The number of ether oxygens (including phenoxy) is 1. The lowest BCUT2D eigenvalue weighted by Gasteiger charge is -2.37. The molecule has 2 aromatic carbocycles. The van der Waals surface area contributed by atoms with Gasteiger partial charge in [-0.15, -0.1) is 11.3 Å². The Morgan fingerprint density at radius 1 is 1.14 bits per heavy atom. The van der Waals surface area contributed by atoms with Crippen molar-refractivity contribution in [2.45, 2.75) is 18.9 Å². The molecule has 1 aromatic heterocycles. The summed E-state index contributed by atoms with van der Waals surface area (Å²) in [6.07, 6.45) is 1.35. The van der Waals surface area contributed by atoms with Gasteiger partial charge in [0.05, 0.1) is 11.0 Å². The van der Waals surface area contributed by atoms with E-state index >= 15 is 0 Å². The molecule has 1 aliphatic heterocycles. The fourth-order valence-electron chi connectivity index (χ4n) is 4.39. The Morgan fingerprint density at radius 3 is 2.57 bits per heavy atom. The molecule has 9 heteroatoms. The van der Waals surface area contributed by atoms with Crippen LogP contribution in [0, 0.1) is 10.1 Å². The Hall–Kier alpha value is -3.56. The second-order valence-electron chi connectivity index (χ2n) is 8.33. The molecule has 2 amide bonds. The van der Waals surface area contributed by atoms with Gasteiger partial charge in [-0.3, -0.25) is 19.7 Å². The molecule has 182 valence electrons. The minimum atomic E-state index is -0.507. The van der Waals surface area contributed by atoms with Crippen molar-refractivity contribution >= 4 is 28.8 Å². The molecule has 4 rings (SSSR count). The van der Waals surface area contributed by atoms with Crippen molar-refractivity contribution in [3.63, 3.8) is 0 Å². The molecule has 0 saturated heterocycles. The van der Waals surface area contributed by atoms with E-state index in [1.54, 1.807) is 18.4 Å². The lowest BCUT2D eigenvalue weighted by atomic mass is 9.93. The zero-order valence-electron chi connectivity index (χ0n) is 19.5. The first-order valence-electron chi connectivity index (χ1n) is 11.4. The van der Waals surface area contributed by atoms with Gasteiger partial charge in [-0.05, 0) is 47.5 Å². The molecule has 35 heavy (non-hydrogen) atoms. The van der Waals surface area contributed by atoms with Crippen LogP contribution in [0.5, 0.6) is 0 Å². The maximum Gasteiger partial charge on any atom is 0.269 e. The van der Waals surface area contributed by atoms with Crippen LogP contribution in [-0.4, -0.2) is 59.9 Å². The number of thiophene rings is 1. The molecule has 0 spiro atoms. The Bertz CT molecular complexity index is 1180. The Balaban J connectivity index is 1.58. The van der Waals surface area contributed by atoms with Gasteiger partial charge in [-0.25, -0.2) is 0 Å². The van der Waals surface area contributed by atoms with Crippen LogP contribution in [-0.2, 0) is 16.0 Å². The molecule has 0 radical (unpaired) electrons. The van der Waals surface area contributed by atoms with Gasteiger partial charge in [0.25, 0.3) is 11.6 Å². The zero-order valence-corrected chi connectivity index (χ0v) is 20.3. The van der Waals surface area contributed by atoms with E-state index in [4.69, 9.17) is 4.74 Å². The molecular formula is C26H27N3O5S. The van der Waals surface area contributed by atoms with E-state index in [1.165, 1.54) is 34.0 Å². The van der Waals surface area contributed by atoms with Crippen LogP contribution >= 0.6 is 11.3 Å². The summed E-state index contributed by atoms with van der Waals surface area (Å²) in [6.45, 7) is 1.28. The maximum atomic E-state index is 13.7. The number of nitro benzene ring substituents is 1. The standard InChI is InChI=1S/C26H27N3O5S/c1-34-16-5-14-27(26(31)20-8-10-21(11-9-20)29(32)33)18-24(30)28-15-12-23-22(13-17-35-23)25(28)19-6-3-2-4-7-19/h2-4,6-11,13,17,25H,5,12,14-16,18H2,1H3. The second-order valence-corrected chi connectivity index (χ2v) is 9.33. The van der Waals surface area contributed by atoms with E-state index in [0.717, 1.165) is 17.5 Å². The van der Waals surface area contributed by atoms with E-state index in [9.17, 15) is 19.7 Å².